The van der Waals surface area contributed by atoms with Crippen LogP contribution in [0.3, 0.4) is 0 Å². The first-order valence-electron chi connectivity index (χ1n) is 2.98. The van der Waals surface area contributed by atoms with Crippen LogP contribution in [0.25, 0.3) is 0 Å². The van der Waals surface area contributed by atoms with Crippen molar-refractivity contribution in [2.24, 2.45) is 0 Å². The Balaban J connectivity index is 4.75. The van der Waals surface area contributed by atoms with Gasteiger partial charge in [-0.1, -0.05) is 0 Å². The van der Waals surface area contributed by atoms with E-state index < -0.39 is 17.4 Å². The van der Waals surface area contributed by atoms with Crippen LogP contribution in [0.2, 0.25) is 0 Å². The lowest BCUT2D eigenvalue weighted by atomic mass is 9.96. The summed E-state index contributed by atoms with van der Waals surface area (Å²) in [5, 5.41) is 8.65. The fourth-order valence-corrected chi connectivity index (χ4v) is 0.537. The number of rotatable bonds is 2. The predicted octanol–water partition coefficient (Wildman–Crippen LogP) is 2.05. The fraction of sp³-hybridized carbons (Fsp3) is 1.00. The van der Waals surface area contributed by atoms with Gasteiger partial charge in [-0.05, 0) is 13.8 Å². The zero-order chi connectivity index (χ0) is 9.50. The fourth-order valence-electron chi connectivity index (χ4n) is 0.537. The van der Waals surface area contributed by atoms with Crippen molar-refractivity contribution in [2.45, 2.75) is 38.2 Å². The van der Waals surface area contributed by atoms with Crippen LogP contribution in [-0.4, -0.2) is 22.6 Å². The van der Waals surface area contributed by atoms with E-state index in [0.717, 1.165) is 0 Å². The van der Waals surface area contributed by atoms with Crippen molar-refractivity contribution in [1.82, 2.24) is 0 Å². The van der Waals surface area contributed by atoms with Gasteiger partial charge in [0.1, 0.15) is 5.60 Å². The zero-order valence-corrected chi connectivity index (χ0v) is 6.46. The maximum Gasteiger partial charge on any atom is 0.337 e. The first kappa shape index (κ1) is 10.7. The molecule has 0 unspecified atom stereocenters. The molecule has 0 saturated carbocycles. The molecule has 0 aliphatic carbocycles. The van der Waals surface area contributed by atoms with Crippen LogP contribution in [0.15, 0.2) is 0 Å². The van der Waals surface area contributed by atoms with E-state index >= 15 is 0 Å². The quantitative estimate of drug-likeness (QED) is 0.635. The highest BCUT2D eigenvalue weighted by molar-refractivity contribution is 4.93. The molecular formula is C6H10F4O. The van der Waals surface area contributed by atoms with Crippen LogP contribution < -0.4 is 0 Å². The van der Waals surface area contributed by atoms with Crippen LogP contribution in [0.4, 0.5) is 17.6 Å². The molecule has 0 atom stereocenters. The van der Waals surface area contributed by atoms with E-state index in [2.05, 4.69) is 0 Å². The molecule has 0 amide bonds. The highest BCUT2D eigenvalue weighted by Gasteiger charge is 2.61. The van der Waals surface area contributed by atoms with Crippen molar-refractivity contribution in [3.8, 4) is 0 Å². The molecule has 0 aliphatic heterocycles. The summed E-state index contributed by atoms with van der Waals surface area (Å²) in [6, 6.07) is 0. The van der Waals surface area contributed by atoms with E-state index in [4.69, 9.17) is 5.11 Å². The van der Waals surface area contributed by atoms with E-state index in [1.807, 2.05) is 0 Å². The normalized spacial score (nSPS) is 15.3. The minimum atomic E-state index is -4.40. The van der Waals surface area contributed by atoms with Crippen molar-refractivity contribution in [3.05, 3.63) is 0 Å². The summed E-state index contributed by atoms with van der Waals surface area (Å²) in [6.45, 7) is 1.36. The van der Waals surface area contributed by atoms with Gasteiger partial charge in [0.2, 0.25) is 0 Å². The Labute approximate surface area is 62.0 Å². The van der Waals surface area contributed by atoms with Crippen LogP contribution in [-0.2, 0) is 0 Å². The molecule has 0 saturated heterocycles. The van der Waals surface area contributed by atoms with Gasteiger partial charge in [-0.2, -0.15) is 8.78 Å². The molecule has 0 rings (SSSR count). The van der Waals surface area contributed by atoms with Gasteiger partial charge in [0.25, 0.3) is 0 Å². The molecule has 1 nitrogen and oxygen atoms in total. The van der Waals surface area contributed by atoms with Crippen molar-refractivity contribution >= 4 is 0 Å². The lowest BCUT2D eigenvalue weighted by molar-refractivity contribution is -0.274. The standard InChI is InChI=1S/C6H10F4O/c1-4(2,11)6(9,10)5(3,7)8/h11H,1-3H3. The average Bonchev–Trinajstić information content (AvgIpc) is 1.58. The van der Waals surface area contributed by atoms with E-state index in [1.165, 1.54) is 0 Å². The Morgan fingerprint density at radius 3 is 1.18 bits per heavy atom. The van der Waals surface area contributed by atoms with Crippen LogP contribution in [0, 0.1) is 0 Å². The summed E-state index contributed by atoms with van der Waals surface area (Å²) >= 11 is 0. The smallest absolute Gasteiger partial charge is 0.337 e. The molecule has 0 spiro atoms. The molecule has 68 valence electrons. The van der Waals surface area contributed by atoms with E-state index in [9.17, 15) is 17.6 Å². The number of aliphatic hydroxyl groups is 1. The summed E-state index contributed by atoms with van der Waals surface area (Å²) < 4.78 is 49.0. The van der Waals surface area contributed by atoms with Crippen molar-refractivity contribution in [3.63, 3.8) is 0 Å². The Morgan fingerprint density at radius 1 is 0.909 bits per heavy atom. The third-order valence-corrected chi connectivity index (χ3v) is 1.32. The van der Waals surface area contributed by atoms with Gasteiger partial charge in [0.05, 0.1) is 0 Å². The molecular weight excluding hydrogens is 164 g/mol. The minimum Gasteiger partial charge on any atom is -0.384 e. The number of alkyl halides is 4. The lowest BCUT2D eigenvalue weighted by Crippen LogP contribution is -2.54. The Bertz CT molecular complexity index is 126. The maximum absolute atomic E-state index is 12.4. The van der Waals surface area contributed by atoms with Gasteiger partial charge in [-0.25, -0.2) is 8.78 Å². The topological polar surface area (TPSA) is 20.2 Å². The highest BCUT2D eigenvalue weighted by Crippen LogP contribution is 2.41. The molecule has 0 aromatic carbocycles. The first-order chi connectivity index (χ1) is 4.50. The van der Waals surface area contributed by atoms with Crippen molar-refractivity contribution in [1.29, 1.82) is 0 Å². The molecule has 0 aromatic rings. The average molecular weight is 174 g/mol. The monoisotopic (exact) mass is 174 g/mol. The Hall–Kier alpha value is -0.320. The molecule has 1 N–H and O–H groups in total. The van der Waals surface area contributed by atoms with Crippen molar-refractivity contribution in [2.75, 3.05) is 0 Å². The SMILES string of the molecule is CC(C)(O)C(F)(F)C(C)(F)F. The summed E-state index contributed by atoms with van der Waals surface area (Å²) in [7, 11) is 0. The molecule has 0 aromatic heterocycles. The van der Waals surface area contributed by atoms with Crippen molar-refractivity contribution < 1.29 is 22.7 Å². The minimum absolute atomic E-state index is 0.0744. The largest absolute Gasteiger partial charge is 0.384 e. The number of hydrogen-bond acceptors (Lipinski definition) is 1. The lowest BCUT2D eigenvalue weighted by Gasteiger charge is -2.32. The third-order valence-electron chi connectivity index (χ3n) is 1.32. The first-order valence-corrected chi connectivity index (χ1v) is 2.98. The second-order valence-corrected chi connectivity index (χ2v) is 3.02. The molecule has 5 heteroatoms. The third kappa shape index (κ3) is 1.83. The zero-order valence-electron chi connectivity index (χ0n) is 6.46. The van der Waals surface area contributed by atoms with Crippen LogP contribution in [0.5, 0.6) is 0 Å². The molecule has 0 heterocycles. The molecule has 0 bridgehead atoms. The summed E-state index contributed by atoms with van der Waals surface area (Å²) in [5.41, 5.74) is -2.70. The van der Waals surface area contributed by atoms with Crippen LogP contribution >= 0.6 is 0 Å². The summed E-state index contributed by atoms with van der Waals surface area (Å²) in [6.07, 6.45) is 0. The van der Waals surface area contributed by atoms with Gasteiger partial charge >= 0.3 is 11.8 Å². The van der Waals surface area contributed by atoms with Gasteiger partial charge in [-0.15, -0.1) is 0 Å². The molecule has 0 aliphatic rings. The van der Waals surface area contributed by atoms with E-state index in [1.54, 1.807) is 0 Å². The molecule has 0 radical (unpaired) electrons. The van der Waals surface area contributed by atoms with Gasteiger partial charge in [0.15, 0.2) is 0 Å². The van der Waals surface area contributed by atoms with Crippen LogP contribution in [0.1, 0.15) is 20.8 Å². The Kier molecular flexibility index (Phi) is 2.27. The summed E-state index contributed by atoms with van der Waals surface area (Å²) in [4.78, 5) is 0. The molecule has 11 heavy (non-hydrogen) atoms. The second-order valence-electron chi connectivity index (χ2n) is 3.02. The number of halogens is 4. The second kappa shape index (κ2) is 2.33. The Morgan fingerprint density at radius 2 is 1.18 bits per heavy atom. The van der Waals surface area contributed by atoms with Gasteiger partial charge in [0, 0.05) is 6.92 Å². The predicted molar refractivity (Wildman–Crippen MR) is 31.9 cm³/mol. The summed E-state index contributed by atoms with van der Waals surface area (Å²) in [5.74, 6) is -8.61. The molecule has 0 fully saturated rings. The van der Waals surface area contributed by atoms with E-state index in [-0.39, 0.29) is 6.92 Å². The highest BCUT2D eigenvalue weighted by atomic mass is 19.3. The van der Waals surface area contributed by atoms with E-state index in [0.29, 0.717) is 13.8 Å². The van der Waals surface area contributed by atoms with Gasteiger partial charge in [-0.3, -0.25) is 0 Å². The number of hydrogen-bond donors (Lipinski definition) is 1. The van der Waals surface area contributed by atoms with Gasteiger partial charge < -0.3 is 5.11 Å². The maximum atomic E-state index is 12.4.